The van der Waals surface area contributed by atoms with Crippen LogP contribution in [0.25, 0.3) is 0 Å². The molecular weight excluding hydrogens is 356 g/mol. The SMILES string of the molecule is O=C(NC[C@H](c1ccco1)[NH+]1CCCCC1)c1cccc(Br)c1. The summed E-state index contributed by atoms with van der Waals surface area (Å²) in [6, 6.07) is 11.6. The standard InChI is InChI=1S/C18H21BrN2O2/c19-15-7-4-6-14(12-15)18(22)20-13-16(17-8-5-11-23-17)21-9-2-1-3-10-21/h4-8,11-12,16H,1-3,9-10,13H2,(H,20,22)/p+1/t16-/m1/s1. The Labute approximate surface area is 145 Å². The fraction of sp³-hybridized carbons (Fsp3) is 0.389. The summed E-state index contributed by atoms with van der Waals surface area (Å²) in [5.41, 5.74) is 0.672. The van der Waals surface area contributed by atoms with Gasteiger partial charge in [-0.1, -0.05) is 22.0 Å². The Morgan fingerprint density at radius 1 is 1.22 bits per heavy atom. The summed E-state index contributed by atoms with van der Waals surface area (Å²) < 4.78 is 6.54. The highest BCUT2D eigenvalue weighted by Crippen LogP contribution is 2.13. The number of rotatable bonds is 5. The van der Waals surface area contributed by atoms with Crippen molar-refractivity contribution in [2.24, 2.45) is 0 Å². The molecule has 4 nitrogen and oxygen atoms in total. The summed E-state index contributed by atoms with van der Waals surface area (Å²) in [6.45, 7) is 2.87. The second kappa shape index (κ2) is 7.79. The Morgan fingerprint density at radius 3 is 2.74 bits per heavy atom. The van der Waals surface area contributed by atoms with Gasteiger partial charge >= 0.3 is 0 Å². The fourth-order valence-electron chi connectivity index (χ4n) is 3.22. The molecule has 1 aliphatic rings. The smallest absolute Gasteiger partial charge is 0.251 e. The average molecular weight is 378 g/mol. The maximum absolute atomic E-state index is 12.4. The van der Waals surface area contributed by atoms with E-state index in [9.17, 15) is 4.79 Å². The summed E-state index contributed by atoms with van der Waals surface area (Å²) in [4.78, 5) is 13.9. The largest absolute Gasteiger partial charge is 0.463 e. The lowest BCUT2D eigenvalue weighted by molar-refractivity contribution is -0.936. The van der Waals surface area contributed by atoms with Gasteiger partial charge in [-0.05, 0) is 49.6 Å². The van der Waals surface area contributed by atoms with Gasteiger partial charge in [-0.3, -0.25) is 4.79 Å². The molecule has 0 aliphatic carbocycles. The first-order chi connectivity index (χ1) is 11.2. The molecule has 3 rings (SSSR count). The van der Waals surface area contributed by atoms with Crippen LogP contribution in [0, 0.1) is 0 Å². The Morgan fingerprint density at radius 2 is 2.04 bits per heavy atom. The van der Waals surface area contributed by atoms with Crippen molar-refractivity contribution >= 4 is 21.8 Å². The van der Waals surface area contributed by atoms with Crippen LogP contribution in [0.15, 0.2) is 51.6 Å². The predicted octanol–water partition coefficient (Wildman–Crippen LogP) is 2.58. The van der Waals surface area contributed by atoms with Crippen LogP contribution in [-0.4, -0.2) is 25.5 Å². The van der Waals surface area contributed by atoms with Crippen molar-refractivity contribution in [1.29, 1.82) is 0 Å². The van der Waals surface area contributed by atoms with Gasteiger partial charge in [0.05, 0.1) is 25.9 Å². The number of amides is 1. The molecule has 0 unspecified atom stereocenters. The van der Waals surface area contributed by atoms with Crippen molar-refractivity contribution in [3.05, 3.63) is 58.5 Å². The van der Waals surface area contributed by atoms with E-state index in [4.69, 9.17) is 4.42 Å². The molecule has 122 valence electrons. The topological polar surface area (TPSA) is 46.7 Å². The molecule has 1 aliphatic heterocycles. The monoisotopic (exact) mass is 377 g/mol. The number of likely N-dealkylation sites (tertiary alicyclic amines) is 1. The third-order valence-electron chi connectivity index (χ3n) is 4.43. The fourth-order valence-corrected chi connectivity index (χ4v) is 3.62. The van der Waals surface area contributed by atoms with Crippen molar-refractivity contribution in [3.63, 3.8) is 0 Å². The first-order valence-electron chi connectivity index (χ1n) is 8.16. The number of hydrogen-bond acceptors (Lipinski definition) is 2. The van der Waals surface area contributed by atoms with Gasteiger partial charge in [0.2, 0.25) is 0 Å². The number of hydrogen-bond donors (Lipinski definition) is 2. The first-order valence-corrected chi connectivity index (χ1v) is 8.95. The van der Waals surface area contributed by atoms with Gasteiger partial charge in [0, 0.05) is 10.0 Å². The van der Waals surface area contributed by atoms with E-state index in [-0.39, 0.29) is 11.9 Å². The lowest BCUT2D eigenvalue weighted by Crippen LogP contribution is -3.13. The van der Waals surface area contributed by atoms with Crippen molar-refractivity contribution in [2.75, 3.05) is 19.6 Å². The Hall–Kier alpha value is -1.59. The van der Waals surface area contributed by atoms with E-state index in [0.717, 1.165) is 23.3 Å². The minimum absolute atomic E-state index is 0.0423. The maximum atomic E-state index is 12.4. The number of carbonyl (C=O) groups is 1. The molecule has 2 N–H and O–H groups in total. The molecule has 0 bridgehead atoms. The van der Waals surface area contributed by atoms with E-state index in [1.54, 1.807) is 6.26 Å². The van der Waals surface area contributed by atoms with Gasteiger partial charge < -0.3 is 14.6 Å². The molecule has 1 aromatic carbocycles. The van der Waals surface area contributed by atoms with Crippen LogP contribution in [-0.2, 0) is 0 Å². The second-order valence-corrected chi connectivity index (χ2v) is 6.92. The molecule has 2 heterocycles. The van der Waals surface area contributed by atoms with Gasteiger partial charge in [0.15, 0.2) is 11.8 Å². The van der Waals surface area contributed by atoms with Gasteiger partial charge in [0.1, 0.15) is 0 Å². The van der Waals surface area contributed by atoms with E-state index in [0.29, 0.717) is 12.1 Å². The molecule has 0 saturated carbocycles. The summed E-state index contributed by atoms with van der Waals surface area (Å²) >= 11 is 3.41. The van der Waals surface area contributed by atoms with Crippen molar-refractivity contribution in [2.45, 2.75) is 25.3 Å². The van der Waals surface area contributed by atoms with Crippen LogP contribution >= 0.6 is 15.9 Å². The van der Waals surface area contributed by atoms with Crippen LogP contribution in [0.5, 0.6) is 0 Å². The van der Waals surface area contributed by atoms with E-state index in [1.165, 1.54) is 24.2 Å². The Kier molecular flexibility index (Phi) is 5.51. The summed E-state index contributed by atoms with van der Waals surface area (Å²) in [7, 11) is 0. The average Bonchev–Trinajstić information content (AvgIpc) is 3.10. The minimum Gasteiger partial charge on any atom is -0.463 e. The van der Waals surface area contributed by atoms with Gasteiger partial charge in [-0.15, -0.1) is 0 Å². The number of benzene rings is 1. The third kappa shape index (κ3) is 4.24. The molecule has 1 aromatic heterocycles. The van der Waals surface area contributed by atoms with Crippen molar-refractivity contribution in [3.8, 4) is 0 Å². The Bertz CT molecular complexity index is 636. The number of halogens is 1. The van der Waals surface area contributed by atoms with Crippen LogP contribution in [0.1, 0.15) is 41.4 Å². The normalized spacial score (nSPS) is 16.9. The number of carbonyl (C=O) groups excluding carboxylic acids is 1. The molecule has 2 aromatic rings. The molecule has 5 heteroatoms. The van der Waals surface area contributed by atoms with Crippen LogP contribution < -0.4 is 10.2 Å². The number of piperidine rings is 1. The van der Waals surface area contributed by atoms with Crippen molar-refractivity contribution < 1.29 is 14.1 Å². The minimum atomic E-state index is -0.0423. The summed E-state index contributed by atoms with van der Waals surface area (Å²) in [6.07, 6.45) is 5.50. The third-order valence-corrected chi connectivity index (χ3v) is 4.92. The highest BCUT2D eigenvalue weighted by atomic mass is 79.9. The number of furan rings is 1. The van der Waals surface area contributed by atoms with Gasteiger partial charge in [-0.2, -0.15) is 0 Å². The zero-order valence-corrected chi connectivity index (χ0v) is 14.6. The lowest BCUT2D eigenvalue weighted by atomic mass is 10.1. The molecule has 1 saturated heterocycles. The highest BCUT2D eigenvalue weighted by molar-refractivity contribution is 9.10. The Balaban J connectivity index is 1.67. The second-order valence-electron chi connectivity index (χ2n) is 6.01. The van der Waals surface area contributed by atoms with E-state index in [1.807, 2.05) is 36.4 Å². The molecule has 1 amide bonds. The zero-order valence-electron chi connectivity index (χ0n) is 13.1. The van der Waals surface area contributed by atoms with Gasteiger partial charge in [0.25, 0.3) is 5.91 Å². The van der Waals surface area contributed by atoms with Crippen molar-refractivity contribution in [1.82, 2.24) is 5.32 Å². The molecule has 0 radical (unpaired) electrons. The van der Waals surface area contributed by atoms with E-state index < -0.39 is 0 Å². The van der Waals surface area contributed by atoms with Crippen LogP contribution in [0.2, 0.25) is 0 Å². The number of nitrogens with one attached hydrogen (secondary N) is 2. The van der Waals surface area contributed by atoms with Gasteiger partial charge in [-0.25, -0.2) is 0 Å². The van der Waals surface area contributed by atoms with E-state index >= 15 is 0 Å². The quantitative estimate of drug-likeness (QED) is 0.840. The molecule has 23 heavy (non-hydrogen) atoms. The summed E-state index contributed by atoms with van der Waals surface area (Å²) in [5.74, 6) is 0.913. The first kappa shape index (κ1) is 16.3. The highest BCUT2D eigenvalue weighted by Gasteiger charge is 2.28. The molecule has 0 spiro atoms. The predicted molar refractivity (Wildman–Crippen MR) is 92.5 cm³/mol. The maximum Gasteiger partial charge on any atom is 0.251 e. The van der Waals surface area contributed by atoms with Crippen LogP contribution in [0.3, 0.4) is 0 Å². The zero-order chi connectivity index (χ0) is 16.1. The number of quaternary nitrogens is 1. The summed E-state index contributed by atoms with van der Waals surface area (Å²) in [5, 5.41) is 3.07. The molecule has 1 atom stereocenters. The molecule has 1 fully saturated rings. The molecular formula is C18H22BrN2O2+. The van der Waals surface area contributed by atoms with Crippen LogP contribution in [0.4, 0.5) is 0 Å². The van der Waals surface area contributed by atoms with E-state index in [2.05, 4.69) is 21.2 Å². The lowest BCUT2D eigenvalue weighted by Gasteiger charge is -2.30.